The number of carbonyl (C=O) groups excluding carboxylic acids is 1. The highest BCUT2D eigenvalue weighted by Crippen LogP contribution is 2.26. The Labute approximate surface area is 80.1 Å². The quantitative estimate of drug-likeness (QED) is 0.447. The van der Waals surface area contributed by atoms with Crippen molar-refractivity contribution >= 4 is 12.0 Å². The predicted molar refractivity (Wildman–Crippen MR) is 49.1 cm³/mol. The summed E-state index contributed by atoms with van der Waals surface area (Å²) < 4.78 is 0. The number of aryl methyl sites for hydroxylation is 1. The van der Waals surface area contributed by atoms with Crippen molar-refractivity contribution in [3.8, 4) is 5.75 Å². The molecule has 1 N–H and O–H groups in total. The molecule has 1 rings (SSSR count). The van der Waals surface area contributed by atoms with Gasteiger partial charge in [0.25, 0.3) is 0 Å². The first-order valence-electron chi connectivity index (χ1n) is 4.05. The molecule has 14 heavy (non-hydrogen) atoms. The molecule has 0 radical (unpaired) electrons. The summed E-state index contributed by atoms with van der Waals surface area (Å²) in [6, 6.07) is 4.07. The van der Waals surface area contributed by atoms with E-state index in [1.165, 1.54) is 18.2 Å². The van der Waals surface area contributed by atoms with Gasteiger partial charge in [-0.05, 0) is 18.1 Å². The predicted octanol–water partition coefficient (Wildman–Crippen LogP) is 1.43. The molecule has 5 heteroatoms. The maximum absolute atomic E-state index is 10.3. The Morgan fingerprint density at radius 2 is 2.21 bits per heavy atom. The number of rotatable bonds is 4. The van der Waals surface area contributed by atoms with Crippen molar-refractivity contribution in [1.82, 2.24) is 0 Å². The van der Waals surface area contributed by atoms with Gasteiger partial charge in [-0.3, -0.25) is 10.1 Å². The maximum Gasteiger partial charge on any atom is 0.310 e. The van der Waals surface area contributed by atoms with Crippen molar-refractivity contribution in [2.75, 3.05) is 0 Å². The summed E-state index contributed by atoms with van der Waals surface area (Å²) in [6.07, 6.45) is 1.59. The van der Waals surface area contributed by atoms with Crippen molar-refractivity contribution in [3.05, 3.63) is 33.9 Å². The second-order valence-corrected chi connectivity index (χ2v) is 2.79. The Balaban J connectivity index is 2.88. The first kappa shape index (κ1) is 10.2. The van der Waals surface area contributed by atoms with Crippen molar-refractivity contribution in [2.45, 2.75) is 12.8 Å². The fourth-order valence-corrected chi connectivity index (χ4v) is 1.10. The maximum atomic E-state index is 10.3. The van der Waals surface area contributed by atoms with Gasteiger partial charge in [0.2, 0.25) is 0 Å². The fraction of sp³-hybridized carbons (Fsp3) is 0.222. The topological polar surface area (TPSA) is 80.4 Å². The number of nitrogens with zero attached hydrogens (tertiary/aromatic N) is 1. The van der Waals surface area contributed by atoms with Crippen LogP contribution in [0.25, 0.3) is 0 Å². The van der Waals surface area contributed by atoms with Crippen LogP contribution < -0.4 is 0 Å². The number of nitro benzene ring substituents is 1. The minimum atomic E-state index is -0.654. The molecule has 0 unspecified atom stereocenters. The summed E-state index contributed by atoms with van der Waals surface area (Å²) in [4.78, 5) is 19.8. The Hall–Kier alpha value is -1.91. The second-order valence-electron chi connectivity index (χ2n) is 2.79. The lowest BCUT2D eigenvalue weighted by molar-refractivity contribution is -0.385. The van der Waals surface area contributed by atoms with E-state index >= 15 is 0 Å². The second kappa shape index (κ2) is 4.36. The van der Waals surface area contributed by atoms with Crippen molar-refractivity contribution in [3.63, 3.8) is 0 Å². The molecule has 1 aromatic carbocycles. The van der Waals surface area contributed by atoms with Crippen LogP contribution in [0.15, 0.2) is 18.2 Å². The average molecular weight is 195 g/mol. The average Bonchev–Trinajstić information content (AvgIpc) is 2.14. The normalized spacial score (nSPS) is 9.71. The van der Waals surface area contributed by atoms with Gasteiger partial charge in [0.15, 0.2) is 5.75 Å². The number of nitro groups is 1. The number of hydrogen-bond acceptors (Lipinski definition) is 4. The van der Waals surface area contributed by atoms with Crippen LogP contribution in [0, 0.1) is 10.1 Å². The number of aromatic hydroxyl groups is 1. The molecule has 0 saturated heterocycles. The van der Waals surface area contributed by atoms with Gasteiger partial charge in [-0.25, -0.2) is 0 Å². The van der Waals surface area contributed by atoms with Gasteiger partial charge in [0.05, 0.1) is 4.92 Å². The van der Waals surface area contributed by atoms with Crippen molar-refractivity contribution < 1.29 is 14.8 Å². The van der Waals surface area contributed by atoms with Crippen LogP contribution in [0.4, 0.5) is 5.69 Å². The van der Waals surface area contributed by atoms with E-state index in [9.17, 15) is 20.0 Å². The van der Waals surface area contributed by atoms with Gasteiger partial charge >= 0.3 is 5.69 Å². The van der Waals surface area contributed by atoms with Gasteiger partial charge in [0, 0.05) is 12.5 Å². The number of phenolic OH excluding ortho intramolecular Hbond substituents is 1. The summed E-state index contributed by atoms with van der Waals surface area (Å²) in [6.45, 7) is 0. The monoisotopic (exact) mass is 195 g/mol. The van der Waals surface area contributed by atoms with E-state index < -0.39 is 4.92 Å². The zero-order chi connectivity index (χ0) is 10.6. The third-order valence-corrected chi connectivity index (χ3v) is 1.79. The fourth-order valence-electron chi connectivity index (χ4n) is 1.10. The molecular weight excluding hydrogens is 186 g/mol. The van der Waals surface area contributed by atoms with Crippen LogP contribution in [-0.4, -0.2) is 16.3 Å². The zero-order valence-electron chi connectivity index (χ0n) is 7.34. The summed E-state index contributed by atoms with van der Waals surface area (Å²) in [5, 5.41) is 19.6. The molecule has 74 valence electrons. The largest absolute Gasteiger partial charge is 0.502 e. The summed E-state index contributed by atoms with van der Waals surface area (Å²) in [5.74, 6) is -0.363. The van der Waals surface area contributed by atoms with Gasteiger partial charge in [-0.2, -0.15) is 0 Å². The summed E-state index contributed by atoms with van der Waals surface area (Å²) >= 11 is 0. The van der Waals surface area contributed by atoms with E-state index in [1.807, 2.05) is 0 Å². The third-order valence-electron chi connectivity index (χ3n) is 1.79. The van der Waals surface area contributed by atoms with Crippen LogP contribution in [0.2, 0.25) is 0 Å². The van der Waals surface area contributed by atoms with Gasteiger partial charge in [0.1, 0.15) is 6.29 Å². The standard InChI is InChI=1S/C9H9NO4/c11-5-1-2-7-3-4-8(10(13)14)9(12)6-7/h3-6,12H,1-2H2. The van der Waals surface area contributed by atoms with Crippen LogP contribution in [0.3, 0.4) is 0 Å². The molecule has 0 heterocycles. The van der Waals surface area contributed by atoms with Gasteiger partial charge in [-0.15, -0.1) is 0 Å². The van der Waals surface area contributed by atoms with E-state index in [2.05, 4.69) is 0 Å². The first-order chi connectivity index (χ1) is 6.65. The minimum absolute atomic E-state index is 0.320. The van der Waals surface area contributed by atoms with Gasteiger partial charge in [-0.1, -0.05) is 6.07 Å². The smallest absolute Gasteiger partial charge is 0.310 e. The molecule has 0 spiro atoms. The highest BCUT2D eigenvalue weighted by atomic mass is 16.6. The van der Waals surface area contributed by atoms with Crippen molar-refractivity contribution in [2.24, 2.45) is 0 Å². The van der Waals surface area contributed by atoms with E-state index in [4.69, 9.17) is 0 Å². The van der Waals surface area contributed by atoms with Crippen LogP contribution in [0.5, 0.6) is 5.75 Å². The van der Waals surface area contributed by atoms with E-state index in [-0.39, 0.29) is 11.4 Å². The first-order valence-corrected chi connectivity index (χ1v) is 4.05. The van der Waals surface area contributed by atoms with E-state index in [0.29, 0.717) is 18.4 Å². The zero-order valence-corrected chi connectivity index (χ0v) is 7.34. The van der Waals surface area contributed by atoms with Crippen LogP contribution in [-0.2, 0) is 11.2 Å². The molecule has 0 saturated carbocycles. The highest BCUT2D eigenvalue weighted by molar-refractivity contribution is 5.51. The molecule has 0 aliphatic rings. The Morgan fingerprint density at radius 3 is 2.71 bits per heavy atom. The number of hydrogen-bond donors (Lipinski definition) is 1. The molecule has 0 aromatic heterocycles. The molecule has 0 amide bonds. The molecule has 0 aliphatic heterocycles. The molecule has 1 aromatic rings. The minimum Gasteiger partial charge on any atom is -0.502 e. The number of aldehydes is 1. The lowest BCUT2D eigenvalue weighted by atomic mass is 10.1. The van der Waals surface area contributed by atoms with Gasteiger partial charge < -0.3 is 9.90 Å². The number of phenols is 1. The van der Waals surface area contributed by atoms with E-state index in [0.717, 1.165) is 6.29 Å². The Morgan fingerprint density at radius 1 is 1.50 bits per heavy atom. The highest BCUT2D eigenvalue weighted by Gasteiger charge is 2.12. The lowest BCUT2D eigenvalue weighted by Crippen LogP contribution is -1.91. The molecule has 0 bridgehead atoms. The van der Waals surface area contributed by atoms with Crippen LogP contribution >= 0.6 is 0 Å². The lowest BCUT2D eigenvalue weighted by Gasteiger charge is -1.99. The molecule has 0 fully saturated rings. The van der Waals surface area contributed by atoms with Crippen LogP contribution in [0.1, 0.15) is 12.0 Å². The molecule has 0 aliphatic carbocycles. The third kappa shape index (κ3) is 2.29. The Bertz CT molecular complexity index is 362. The molecular formula is C9H9NO4. The Kier molecular flexibility index (Phi) is 3.17. The summed E-state index contributed by atoms with van der Waals surface area (Å²) in [7, 11) is 0. The van der Waals surface area contributed by atoms with E-state index in [1.54, 1.807) is 0 Å². The number of benzene rings is 1. The van der Waals surface area contributed by atoms with Crippen molar-refractivity contribution in [1.29, 1.82) is 0 Å². The molecule has 5 nitrogen and oxygen atoms in total. The number of carbonyl (C=O) groups is 1. The SMILES string of the molecule is O=CCCc1ccc([N+](=O)[O-])c(O)c1. The molecule has 0 atom stereocenters. The summed E-state index contributed by atoms with van der Waals surface area (Å²) in [5.41, 5.74) is 0.389.